The molecule has 1 aromatic carbocycles. The summed E-state index contributed by atoms with van der Waals surface area (Å²) in [6.07, 6.45) is 1.03. The van der Waals surface area contributed by atoms with Crippen molar-refractivity contribution < 1.29 is 4.39 Å². The van der Waals surface area contributed by atoms with Crippen molar-refractivity contribution in [3.63, 3.8) is 0 Å². The van der Waals surface area contributed by atoms with Gasteiger partial charge in [-0.15, -0.1) is 0 Å². The van der Waals surface area contributed by atoms with Crippen molar-refractivity contribution >= 4 is 0 Å². The normalized spacial score (nSPS) is 15.1. The molecule has 3 N–H and O–H groups in total. The highest BCUT2D eigenvalue weighted by molar-refractivity contribution is 5.20. The Balaban J connectivity index is 2.84. The molecule has 14 heavy (non-hydrogen) atoms. The highest BCUT2D eigenvalue weighted by atomic mass is 19.1. The van der Waals surface area contributed by atoms with E-state index in [9.17, 15) is 4.39 Å². The Morgan fingerprint density at radius 1 is 1.36 bits per heavy atom. The van der Waals surface area contributed by atoms with E-state index >= 15 is 0 Å². The maximum absolute atomic E-state index is 12.7. The summed E-state index contributed by atoms with van der Waals surface area (Å²) in [6, 6.07) is 6.56. The zero-order chi connectivity index (χ0) is 10.6. The van der Waals surface area contributed by atoms with Crippen LogP contribution in [0.25, 0.3) is 0 Å². The lowest BCUT2D eigenvalue weighted by Gasteiger charge is -2.22. The van der Waals surface area contributed by atoms with E-state index in [-0.39, 0.29) is 11.9 Å². The Hall–Kier alpha value is -0.930. The Labute approximate surface area is 84.3 Å². The van der Waals surface area contributed by atoms with E-state index in [4.69, 9.17) is 5.84 Å². The number of hydrogen-bond acceptors (Lipinski definition) is 2. The Kier molecular flexibility index (Phi) is 4.04. The maximum Gasteiger partial charge on any atom is 0.123 e. The van der Waals surface area contributed by atoms with E-state index < -0.39 is 0 Å². The molecule has 1 aromatic rings. The first-order valence-corrected chi connectivity index (χ1v) is 4.90. The average molecular weight is 196 g/mol. The van der Waals surface area contributed by atoms with Crippen LogP contribution in [0.3, 0.4) is 0 Å². The molecule has 1 rings (SSSR count). The summed E-state index contributed by atoms with van der Waals surface area (Å²) in [5, 5.41) is 0. The van der Waals surface area contributed by atoms with Gasteiger partial charge in [-0.3, -0.25) is 11.3 Å². The average Bonchev–Trinajstić information content (AvgIpc) is 2.21. The highest BCUT2D eigenvalue weighted by Gasteiger charge is 2.15. The minimum atomic E-state index is -0.214. The Bertz CT molecular complexity index is 271. The number of nitrogens with two attached hydrogens (primary N) is 1. The van der Waals surface area contributed by atoms with E-state index in [2.05, 4.69) is 19.3 Å². The first-order chi connectivity index (χ1) is 6.69. The molecule has 0 aliphatic carbocycles. The number of nitrogens with one attached hydrogen (secondary N) is 1. The smallest absolute Gasteiger partial charge is 0.123 e. The minimum absolute atomic E-state index is 0.0978. The summed E-state index contributed by atoms with van der Waals surface area (Å²) in [7, 11) is 0. The third-order valence-corrected chi connectivity index (χ3v) is 2.62. The summed E-state index contributed by atoms with van der Waals surface area (Å²) in [5.41, 5.74) is 3.80. The van der Waals surface area contributed by atoms with Gasteiger partial charge in [0.1, 0.15) is 5.82 Å². The molecule has 0 fully saturated rings. The van der Waals surface area contributed by atoms with Crippen LogP contribution in [0, 0.1) is 11.7 Å². The molecule has 0 aromatic heterocycles. The molecule has 0 aliphatic heterocycles. The fourth-order valence-electron chi connectivity index (χ4n) is 1.49. The van der Waals surface area contributed by atoms with E-state index in [1.54, 1.807) is 12.1 Å². The van der Waals surface area contributed by atoms with Crippen molar-refractivity contribution in [2.45, 2.75) is 26.3 Å². The van der Waals surface area contributed by atoms with Crippen LogP contribution in [-0.2, 0) is 0 Å². The zero-order valence-electron chi connectivity index (χ0n) is 8.63. The second-order valence-corrected chi connectivity index (χ2v) is 3.58. The molecular formula is C11H17FN2. The molecule has 0 heterocycles. The van der Waals surface area contributed by atoms with Crippen LogP contribution in [-0.4, -0.2) is 0 Å². The lowest BCUT2D eigenvalue weighted by molar-refractivity contribution is 0.382. The van der Waals surface area contributed by atoms with Crippen LogP contribution in [0.5, 0.6) is 0 Å². The highest BCUT2D eigenvalue weighted by Crippen LogP contribution is 2.23. The monoisotopic (exact) mass is 196 g/mol. The fourth-order valence-corrected chi connectivity index (χ4v) is 1.49. The molecule has 2 atom stereocenters. The largest absolute Gasteiger partial charge is 0.271 e. The van der Waals surface area contributed by atoms with Gasteiger partial charge in [-0.2, -0.15) is 0 Å². The number of rotatable bonds is 4. The lowest BCUT2D eigenvalue weighted by atomic mass is 9.93. The molecule has 2 nitrogen and oxygen atoms in total. The molecule has 0 bridgehead atoms. The van der Waals surface area contributed by atoms with Crippen molar-refractivity contribution in [2.24, 2.45) is 11.8 Å². The van der Waals surface area contributed by atoms with Crippen LogP contribution in [0.15, 0.2) is 24.3 Å². The quantitative estimate of drug-likeness (QED) is 0.573. The second kappa shape index (κ2) is 5.08. The SMILES string of the molecule is CCC(C)C(NN)c1ccc(F)cc1. The van der Waals surface area contributed by atoms with Gasteiger partial charge in [0.05, 0.1) is 0 Å². The summed E-state index contributed by atoms with van der Waals surface area (Å²) in [6.45, 7) is 4.23. The van der Waals surface area contributed by atoms with Gasteiger partial charge in [-0.05, 0) is 23.6 Å². The molecular weight excluding hydrogens is 179 g/mol. The summed E-state index contributed by atoms with van der Waals surface area (Å²) in [4.78, 5) is 0. The molecule has 78 valence electrons. The topological polar surface area (TPSA) is 38.0 Å². The van der Waals surface area contributed by atoms with Crippen LogP contribution in [0.1, 0.15) is 31.9 Å². The van der Waals surface area contributed by atoms with Crippen molar-refractivity contribution in [1.82, 2.24) is 5.43 Å². The first kappa shape index (κ1) is 11.1. The van der Waals surface area contributed by atoms with Gasteiger partial charge in [0, 0.05) is 6.04 Å². The van der Waals surface area contributed by atoms with E-state index in [0.717, 1.165) is 12.0 Å². The summed E-state index contributed by atoms with van der Waals surface area (Å²) in [5.74, 6) is 5.70. The van der Waals surface area contributed by atoms with Gasteiger partial charge in [-0.25, -0.2) is 4.39 Å². The van der Waals surface area contributed by atoms with Gasteiger partial charge in [0.2, 0.25) is 0 Å². The lowest BCUT2D eigenvalue weighted by Crippen LogP contribution is -2.32. The van der Waals surface area contributed by atoms with Gasteiger partial charge in [-0.1, -0.05) is 32.4 Å². The first-order valence-electron chi connectivity index (χ1n) is 4.90. The molecule has 0 saturated heterocycles. The van der Waals surface area contributed by atoms with Crippen molar-refractivity contribution in [3.05, 3.63) is 35.6 Å². The molecule has 0 spiro atoms. The molecule has 3 heteroatoms. The van der Waals surface area contributed by atoms with Gasteiger partial charge < -0.3 is 0 Å². The second-order valence-electron chi connectivity index (χ2n) is 3.58. The van der Waals surface area contributed by atoms with Crippen molar-refractivity contribution in [1.29, 1.82) is 0 Å². The predicted octanol–water partition coefficient (Wildman–Crippen LogP) is 2.38. The van der Waals surface area contributed by atoms with Crippen LogP contribution in [0.2, 0.25) is 0 Å². The molecule has 2 unspecified atom stereocenters. The van der Waals surface area contributed by atoms with E-state index in [1.807, 2.05) is 0 Å². The Morgan fingerprint density at radius 3 is 2.36 bits per heavy atom. The third kappa shape index (κ3) is 2.53. The van der Waals surface area contributed by atoms with Crippen molar-refractivity contribution in [2.75, 3.05) is 0 Å². The predicted molar refractivity (Wildman–Crippen MR) is 55.9 cm³/mol. The van der Waals surface area contributed by atoms with Crippen molar-refractivity contribution in [3.8, 4) is 0 Å². The minimum Gasteiger partial charge on any atom is -0.271 e. The van der Waals surface area contributed by atoms with Gasteiger partial charge in [0.15, 0.2) is 0 Å². The molecule has 0 radical (unpaired) electrons. The molecule has 0 saturated carbocycles. The Morgan fingerprint density at radius 2 is 1.93 bits per heavy atom. The van der Waals surface area contributed by atoms with Crippen LogP contribution < -0.4 is 11.3 Å². The fraction of sp³-hybridized carbons (Fsp3) is 0.455. The number of hydrogen-bond donors (Lipinski definition) is 2. The third-order valence-electron chi connectivity index (χ3n) is 2.62. The standard InChI is InChI=1S/C11H17FN2/c1-3-8(2)11(14-13)9-4-6-10(12)7-5-9/h4-8,11,14H,3,13H2,1-2H3. The van der Waals surface area contributed by atoms with Gasteiger partial charge in [0.25, 0.3) is 0 Å². The number of halogens is 1. The maximum atomic E-state index is 12.7. The molecule has 0 aliphatic rings. The zero-order valence-corrected chi connectivity index (χ0v) is 8.63. The van der Waals surface area contributed by atoms with E-state index in [1.165, 1.54) is 12.1 Å². The summed E-state index contributed by atoms with van der Waals surface area (Å²) < 4.78 is 12.7. The van der Waals surface area contributed by atoms with Gasteiger partial charge >= 0.3 is 0 Å². The van der Waals surface area contributed by atoms with Crippen LogP contribution >= 0.6 is 0 Å². The molecule has 0 amide bonds. The van der Waals surface area contributed by atoms with E-state index in [0.29, 0.717) is 5.92 Å². The number of hydrazine groups is 1. The number of benzene rings is 1. The van der Waals surface area contributed by atoms with Crippen LogP contribution in [0.4, 0.5) is 4.39 Å². The summed E-state index contributed by atoms with van der Waals surface area (Å²) >= 11 is 0.